The molecule has 0 N–H and O–H groups in total. The standard InChI is InChI=1S/C6H12N2O6/c1-2-3-4-6(14-8(11)12)5-13-7(9)10/h6H,2-5H2,1H3/t6-/m0/s1. The van der Waals surface area contributed by atoms with Crippen LogP contribution in [0.3, 0.4) is 0 Å². The van der Waals surface area contributed by atoms with Crippen molar-refractivity contribution in [1.29, 1.82) is 0 Å². The molecule has 82 valence electrons. The molecule has 8 heteroatoms. The smallest absolute Gasteiger partial charge is 0.294 e. The zero-order chi connectivity index (χ0) is 11.0. The Hall–Kier alpha value is -1.60. The molecule has 0 rings (SSSR count). The first kappa shape index (κ1) is 12.4. The van der Waals surface area contributed by atoms with Gasteiger partial charge >= 0.3 is 0 Å². The summed E-state index contributed by atoms with van der Waals surface area (Å²) in [6, 6.07) is 0. The van der Waals surface area contributed by atoms with Gasteiger partial charge in [-0.05, 0) is 6.42 Å². The Bertz CT molecular complexity index is 197. The molecule has 0 saturated heterocycles. The number of rotatable bonds is 8. The van der Waals surface area contributed by atoms with Crippen LogP contribution in [0.15, 0.2) is 0 Å². The first-order valence-electron chi connectivity index (χ1n) is 4.14. The highest BCUT2D eigenvalue weighted by atomic mass is 17.0. The van der Waals surface area contributed by atoms with Gasteiger partial charge in [0.2, 0.25) is 0 Å². The van der Waals surface area contributed by atoms with Gasteiger partial charge in [0.25, 0.3) is 10.2 Å². The minimum absolute atomic E-state index is 0.366. The van der Waals surface area contributed by atoms with Gasteiger partial charge in [-0.2, -0.15) is 0 Å². The van der Waals surface area contributed by atoms with Crippen LogP contribution in [0.4, 0.5) is 0 Å². The monoisotopic (exact) mass is 208 g/mol. The fourth-order valence-corrected chi connectivity index (χ4v) is 0.864. The van der Waals surface area contributed by atoms with E-state index in [1.165, 1.54) is 0 Å². The second-order valence-corrected chi connectivity index (χ2v) is 2.61. The number of hydrogen-bond donors (Lipinski definition) is 0. The lowest BCUT2D eigenvalue weighted by Crippen LogP contribution is -2.24. The topological polar surface area (TPSA) is 105 Å². The van der Waals surface area contributed by atoms with Crippen molar-refractivity contribution in [1.82, 2.24) is 0 Å². The summed E-state index contributed by atoms with van der Waals surface area (Å²) in [5, 5.41) is 17.8. The van der Waals surface area contributed by atoms with Gasteiger partial charge in [-0.15, -0.1) is 20.2 Å². The maximum atomic E-state index is 9.98. The predicted molar refractivity (Wildman–Crippen MR) is 44.3 cm³/mol. The van der Waals surface area contributed by atoms with E-state index in [0.29, 0.717) is 12.8 Å². The average molecular weight is 208 g/mol. The van der Waals surface area contributed by atoms with E-state index in [1.807, 2.05) is 6.92 Å². The Morgan fingerprint density at radius 2 is 1.93 bits per heavy atom. The van der Waals surface area contributed by atoms with Crippen molar-refractivity contribution in [3.63, 3.8) is 0 Å². The Labute approximate surface area is 80.0 Å². The van der Waals surface area contributed by atoms with Crippen LogP contribution in [0.25, 0.3) is 0 Å². The third kappa shape index (κ3) is 7.07. The fourth-order valence-electron chi connectivity index (χ4n) is 0.864. The van der Waals surface area contributed by atoms with E-state index in [0.717, 1.165) is 6.42 Å². The summed E-state index contributed by atoms with van der Waals surface area (Å²) in [7, 11) is 0. The second-order valence-electron chi connectivity index (χ2n) is 2.61. The fraction of sp³-hybridized carbons (Fsp3) is 1.00. The molecule has 14 heavy (non-hydrogen) atoms. The van der Waals surface area contributed by atoms with Crippen molar-refractivity contribution in [2.24, 2.45) is 0 Å². The van der Waals surface area contributed by atoms with E-state index in [4.69, 9.17) is 0 Å². The van der Waals surface area contributed by atoms with Gasteiger partial charge in [0.05, 0.1) is 0 Å². The molecule has 0 aromatic rings. The lowest BCUT2D eigenvalue weighted by molar-refractivity contribution is -0.790. The van der Waals surface area contributed by atoms with Gasteiger partial charge in [0, 0.05) is 0 Å². The normalized spacial score (nSPS) is 11.8. The minimum atomic E-state index is -0.998. The molecular weight excluding hydrogens is 196 g/mol. The molecule has 0 fully saturated rings. The lowest BCUT2D eigenvalue weighted by Gasteiger charge is -2.12. The van der Waals surface area contributed by atoms with Crippen molar-refractivity contribution in [3.8, 4) is 0 Å². The summed E-state index contributed by atoms with van der Waals surface area (Å²) in [6.07, 6.45) is 1.02. The largest absolute Gasteiger partial charge is 0.312 e. The molecule has 0 heterocycles. The van der Waals surface area contributed by atoms with Crippen LogP contribution in [0.2, 0.25) is 0 Å². The molecule has 0 unspecified atom stereocenters. The Morgan fingerprint density at radius 3 is 2.36 bits per heavy atom. The van der Waals surface area contributed by atoms with Crippen LogP contribution in [0.5, 0.6) is 0 Å². The quantitative estimate of drug-likeness (QED) is 0.434. The molecule has 8 nitrogen and oxygen atoms in total. The van der Waals surface area contributed by atoms with Crippen molar-refractivity contribution in [3.05, 3.63) is 20.2 Å². The van der Waals surface area contributed by atoms with E-state index >= 15 is 0 Å². The highest BCUT2D eigenvalue weighted by Crippen LogP contribution is 2.05. The van der Waals surface area contributed by atoms with E-state index < -0.39 is 22.9 Å². The Balaban J connectivity index is 3.83. The summed E-state index contributed by atoms with van der Waals surface area (Å²) >= 11 is 0. The molecular formula is C6H12N2O6. The molecule has 0 aromatic heterocycles. The van der Waals surface area contributed by atoms with Crippen molar-refractivity contribution >= 4 is 0 Å². The first-order chi connectivity index (χ1) is 6.56. The van der Waals surface area contributed by atoms with Gasteiger partial charge in [-0.3, -0.25) is 0 Å². The SMILES string of the molecule is CCCC[C@@H](CO[N+](=O)[O-])O[N+](=O)[O-]. The van der Waals surface area contributed by atoms with Crippen LogP contribution in [-0.2, 0) is 9.68 Å². The molecule has 0 saturated carbocycles. The third-order valence-corrected chi connectivity index (χ3v) is 1.48. The molecule has 0 bridgehead atoms. The van der Waals surface area contributed by atoms with Crippen LogP contribution in [0.1, 0.15) is 26.2 Å². The zero-order valence-corrected chi connectivity index (χ0v) is 7.75. The Morgan fingerprint density at radius 1 is 1.29 bits per heavy atom. The molecule has 0 amide bonds. The molecule has 0 aromatic carbocycles. The lowest BCUT2D eigenvalue weighted by atomic mass is 10.2. The van der Waals surface area contributed by atoms with Crippen molar-refractivity contribution in [2.75, 3.05) is 6.61 Å². The second kappa shape index (κ2) is 6.87. The summed E-state index contributed by atoms with van der Waals surface area (Å²) in [6.45, 7) is 1.49. The maximum Gasteiger partial charge on any atom is 0.294 e. The first-order valence-corrected chi connectivity index (χ1v) is 4.14. The minimum Gasteiger partial charge on any atom is -0.312 e. The van der Waals surface area contributed by atoms with Crippen LogP contribution < -0.4 is 0 Å². The van der Waals surface area contributed by atoms with E-state index in [2.05, 4.69) is 9.68 Å². The molecule has 0 spiro atoms. The molecule has 0 aliphatic rings. The van der Waals surface area contributed by atoms with Crippen molar-refractivity contribution < 1.29 is 19.8 Å². The predicted octanol–water partition coefficient (Wildman–Crippen LogP) is 0.962. The van der Waals surface area contributed by atoms with Gasteiger partial charge < -0.3 is 9.68 Å². The number of nitrogens with zero attached hydrogens (tertiary/aromatic N) is 2. The van der Waals surface area contributed by atoms with Crippen LogP contribution in [0, 0.1) is 20.2 Å². The van der Waals surface area contributed by atoms with Gasteiger partial charge in [-0.1, -0.05) is 19.8 Å². The third-order valence-electron chi connectivity index (χ3n) is 1.48. The highest BCUT2D eigenvalue weighted by molar-refractivity contribution is 4.53. The summed E-state index contributed by atoms with van der Waals surface area (Å²) in [5.41, 5.74) is 0. The summed E-state index contributed by atoms with van der Waals surface area (Å²) < 4.78 is 0. The summed E-state index contributed by atoms with van der Waals surface area (Å²) in [4.78, 5) is 28.0. The van der Waals surface area contributed by atoms with Crippen LogP contribution in [-0.4, -0.2) is 22.9 Å². The van der Waals surface area contributed by atoms with E-state index in [9.17, 15) is 20.2 Å². The Kier molecular flexibility index (Phi) is 6.08. The zero-order valence-electron chi connectivity index (χ0n) is 7.75. The van der Waals surface area contributed by atoms with Crippen molar-refractivity contribution in [2.45, 2.75) is 32.3 Å². The number of hydrogen-bond acceptors (Lipinski definition) is 6. The highest BCUT2D eigenvalue weighted by Gasteiger charge is 2.14. The van der Waals surface area contributed by atoms with E-state index in [-0.39, 0.29) is 0 Å². The molecule has 0 aliphatic carbocycles. The van der Waals surface area contributed by atoms with Gasteiger partial charge in [-0.25, -0.2) is 0 Å². The summed E-state index contributed by atoms with van der Waals surface area (Å²) in [5.74, 6) is 0. The molecule has 0 radical (unpaired) electrons. The van der Waals surface area contributed by atoms with Crippen LogP contribution >= 0.6 is 0 Å². The number of unbranched alkanes of at least 4 members (excludes halogenated alkanes) is 1. The van der Waals surface area contributed by atoms with Gasteiger partial charge in [0.1, 0.15) is 12.7 Å². The molecule has 1 atom stereocenters. The van der Waals surface area contributed by atoms with E-state index in [1.54, 1.807) is 0 Å². The average Bonchev–Trinajstić information content (AvgIpc) is 2.09. The maximum absolute atomic E-state index is 9.98. The molecule has 0 aliphatic heterocycles. The van der Waals surface area contributed by atoms with Gasteiger partial charge in [0.15, 0.2) is 0 Å².